The molecular formula is C16H19N3O4. The van der Waals surface area contributed by atoms with Crippen LogP contribution < -0.4 is 14.8 Å². The van der Waals surface area contributed by atoms with Gasteiger partial charge in [0, 0.05) is 24.5 Å². The number of benzene rings is 1. The lowest BCUT2D eigenvalue weighted by Gasteiger charge is -2.10. The number of nitrogens with one attached hydrogen (secondary N) is 1. The molecule has 0 radical (unpaired) electrons. The molecule has 0 fully saturated rings. The van der Waals surface area contributed by atoms with Crippen molar-refractivity contribution in [3.63, 3.8) is 0 Å². The van der Waals surface area contributed by atoms with E-state index in [0.29, 0.717) is 34.1 Å². The van der Waals surface area contributed by atoms with Gasteiger partial charge in [0.05, 0.1) is 25.5 Å². The molecule has 0 aliphatic carbocycles. The minimum Gasteiger partial charge on any atom is -0.493 e. The number of hydrogen-bond acceptors (Lipinski definition) is 5. The molecule has 122 valence electrons. The normalized spacial score (nSPS) is 10.3. The topological polar surface area (TPSA) is 82.5 Å². The number of aromatic nitrogens is 2. The number of rotatable bonds is 5. The van der Waals surface area contributed by atoms with Gasteiger partial charge in [0.1, 0.15) is 0 Å². The van der Waals surface area contributed by atoms with Gasteiger partial charge < -0.3 is 14.8 Å². The van der Waals surface area contributed by atoms with Gasteiger partial charge in [0.25, 0.3) is 11.7 Å². The predicted octanol–water partition coefficient (Wildman–Crippen LogP) is 1.88. The van der Waals surface area contributed by atoms with Crippen molar-refractivity contribution >= 4 is 17.4 Å². The van der Waals surface area contributed by atoms with E-state index in [4.69, 9.17) is 9.47 Å². The first-order valence-electron chi connectivity index (χ1n) is 6.97. The molecule has 23 heavy (non-hydrogen) atoms. The lowest BCUT2D eigenvalue weighted by atomic mass is 10.1. The number of ketones is 1. The zero-order valence-electron chi connectivity index (χ0n) is 13.8. The van der Waals surface area contributed by atoms with Gasteiger partial charge in [0.15, 0.2) is 11.5 Å². The van der Waals surface area contributed by atoms with Gasteiger partial charge in [-0.25, -0.2) is 0 Å². The van der Waals surface area contributed by atoms with Gasteiger partial charge in [-0.15, -0.1) is 0 Å². The summed E-state index contributed by atoms with van der Waals surface area (Å²) in [6, 6.07) is 4.88. The summed E-state index contributed by atoms with van der Waals surface area (Å²) in [5.41, 5.74) is 1.94. The van der Waals surface area contributed by atoms with Crippen molar-refractivity contribution in [3.8, 4) is 11.5 Å². The summed E-state index contributed by atoms with van der Waals surface area (Å²) in [5.74, 6) is -0.346. The van der Waals surface area contributed by atoms with Crippen LogP contribution in [0.4, 0.5) is 5.69 Å². The number of methoxy groups -OCH3 is 2. The monoisotopic (exact) mass is 317 g/mol. The van der Waals surface area contributed by atoms with Crippen molar-refractivity contribution in [2.45, 2.75) is 13.8 Å². The van der Waals surface area contributed by atoms with Crippen molar-refractivity contribution in [2.24, 2.45) is 7.05 Å². The van der Waals surface area contributed by atoms with Crippen LogP contribution in [0.25, 0.3) is 0 Å². The molecule has 1 aromatic carbocycles. The van der Waals surface area contributed by atoms with Gasteiger partial charge in [-0.3, -0.25) is 14.3 Å². The molecule has 0 saturated carbocycles. The number of anilines is 1. The van der Waals surface area contributed by atoms with Crippen LogP contribution in [0.15, 0.2) is 18.2 Å². The zero-order chi connectivity index (χ0) is 17.1. The Morgan fingerprint density at radius 1 is 1.13 bits per heavy atom. The van der Waals surface area contributed by atoms with Gasteiger partial charge in [0.2, 0.25) is 0 Å². The molecule has 0 saturated heterocycles. The lowest BCUT2D eigenvalue weighted by Crippen LogP contribution is -2.24. The van der Waals surface area contributed by atoms with E-state index in [9.17, 15) is 9.59 Å². The van der Waals surface area contributed by atoms with Crippen molar-refractivity contribution in [2.75, 3.05) is 19.5 Å². The van der Waals surface area contributed by atoms with E-state index in [-0.39, 0.29) is 0 Å². The number of hydrogen-bond donors (Lipinski definition) is 1. The number of nitrogens with zero attached hydrogens (tertiary/aromatic N) is 2. The van der Waals surface area contributed by atoms with E-state index in [0.717, 1.165) is 0 Å². The maximum Gasteiger partial charge on any atom is 0.296 e. The summed E-state index contributed by atoms with van der Waals surface area (Å²) in [6.07, 6.45) is 0. The molecule has 1 aromatic heterocycles. The van der Waals surface area contributed by atoms with E-state index >= 15 is 0 Å². The summed E-state index contributed by atoms with van der Waals surface area (Å²) in [6.45, 7) is 3.45. The fourth-order valence-corrected chi connectivity index (χ4v) is 2.32. The molecule has 0 unspecified atom stereocenters. The summed E-state index contributed by atoms with van der Waals surface area (Å²) >= 11 is 0. The standard InChI is InChI=1S/C16H19N3O4/c1-9-14(10(2)19(3)18-9)15(20)16(21)17-11-6-7-12(22-4)13(8-11)23-5/h6-8H,1-5H3,(H,17,21). The van der Waals surface area contributed by atoms with E-state index in [1.165, 1.54) is 14.2 Å². The van der Waals surface area contributed by atoms with E-state index in [1.807, 2.05) is 0 Å². The molecule has 0 spiro atoms. The van der Waals surface area contributed by atoms with E-state index in [2.05, 4.69) is 10.4 Å². The highest BCUT2D eigenvalue weighted by Crippen LogP contribution is 2.29. The second-order valence-electron chi connectivity index (χ2n) is 5.02. The minimum atomic E-state index is -0.726. The fourth-order valence-electron chi connectivity index (χ4n) is 2.32. The quantitative estimate of drug-likeness (QED) is 0.672. The van der Waals surface area contributed by atoms with Crippen LogP contribution in [-0.4, -0.2) is 35.7 Å². The molecule has 0 aliphatic heterocycles. The molecule has 7 heteroatoms. The lowest BCUT2D eigenvalue weighted by molar-refractivity contribution is -0.112. The molecular weight excluding hydrogens is 298 g/mol. The second-order valence-corrected chi connectivity index (χ2v) is 5.02. The number of carbonyl (C=O) groups excluding carboxylic acids is 2. The molecule has 0 aliphatic rings. The summed E-state index contributed by atoms with van der Waals surface area (Å²) in [4.78, 5) is 24.6. The van der Waals surface area contributed by atoms with Crippen LogP contribution in [0.2, 0.25) is 0 Å². The first-order valence-corrected chi connectivity index (χ1v) is 6.97. The highest BCUT2D eigenvalue weighted by Gasteiger charge is 2.24. The average Bonchev–Trinajstić information content (AvgIpc) is 2.79. The number of aryl methyl sites for hydroxylation is 2. The molecule has 7 nitrogen and oxygen atoms in total. The summed E-state index contributed by atoms with van der Waals surface area (Å²) in [5, 5.41) is 6.72. The van der Waals surface area contributed by atoms with E-state index in [1.54, 1.807) is 43.8 Å². The molecule has 1 N–H and O–H groups in total. The molecule has 1 heterocycles. The fraction of sp³-hybridized carbons (Fsp3) is 0.312. The van der Waals surface area contributed by atoms with Crippen LogP contribution in [0, 0.1) is 13.8 Å². The van der Waals surface area contributed by atoms with Crippen molar-refractivity contribution < 1.29 is 19.1 Å². The van der Waals surface area contributed by atoms with Gasteiger partial charge in [-0.2, -0.15) is 5.10 Å². The van der Waals surface area contributed by atoms with Gasteiger partial charge in [-0.1, -0.05) is 0 Å². The number of carbonyl (C=O) groups is 2. The molecule has 0 atom stereocenters. The predicted molar refractivity (Wildman–Crippen MR) is 85.2 cm³/mol. The maximum atomic E-state index is 12.4. The van der Waals surface area contributed by atoms with Crippen LogP contribution in [-0.2, 0) is 11.8 Å². The summed E-state index contributed by atoms with van der Waals surface area (Å²) in [7, 11) is 4.75. The minimum absolute atomic E-state index is 0.325. The number of amides is 1. The van der Waals surface area contributed by atoms with Gasteiger partial charge in [-0.05, 0) is 26.0 Å². The third-order valence-electron chi connectivity index (χ3n) is 3.58. The van der Waals surface area contributed by atoms with Crippen molar-refractivity contribution in [1.82, 2.24) is 9.78 Å². The Bertz CT molecular complexity index is 765. The first-order chi connectivity index (χ1) is 10.9. The second kappa shape index (κ2) is 6.51. The third kappa shape index (κ3) is 3.18. The smallest absolute Gasteiger partial charge is 0.296 e. The molecule has 2 rings (SSSR count). The first kappa shape index (κ1) is 16.5. The Hall–Kier alpha value is -2.83. The zero-order valence-corrected chi connectivity index (χ0v) is 13.8. The highest BCUT2D eigenvalue weighted by atomic mass is 16.5. The van der Waals surface area contributed by atoms with Crippen molar-refractivity contribution in [3.05, 3.63) is 35.2 Å². The Labute approximate surface area is 134 Å². The Kier molecular flexibility index (Phi) is 4.68. The third-order valence-corrected chi connectivity index (χ3v) is 3.58. The number of ether oxygens (including phenoxy) is 2. The molecule has 2 aromatic rings. The van der Waals surface area contributed by atoms with Crippen LogP contribution in [0.5, 0.6) is 11.5 Å². The van der Waals surface area contributed by atoms with Crippen LogP contribution in [0.1, 0.15) is 21.7 Å². The van der Waals surface area contributed by atoms with Crippen LogP contribution in [0.3, 0.4) is 0 Å². The Morgan fingerprint density at radius 2 is 1.78 bits per heavy atom. The number of Topliss-reactive ketones (excluding diaryl/α,β-unsaturated/α-hetero) is 1. The largest absolute Gasteiger partial charge is 0.493 e. The summed E-state index contributed by atoms with van der Waals surface area (Å²) < 4.78 is 11.9. The van der Waals surface area contributed by atoms with Gasteiger partial charge >= 0.3 is 0 Å². The van der Waals surface area contributed by atoms with Crippen molar-refractivity contribution in [1.29, 1.82) is 0 Å². The van der Waals surface area contributed by atoms with E-state index < -0.39 is 11.7 Å². The Balaban J connectivity index is 2.23. The SMILES string of the molecule is COc1ccc(NC(=O)C(=O)c2c(C)nn(C)c2C)cc1OC. The van der Waals surface area contributed by atoms with Crippen LogP contribution >= 0.6 is 0 Å². The maximum absolute atomic E-state index is 12.4. The average molecular weight is 317 g/mol. The highest BCUT2D eigenvalue weighted by molar-refractivity contribution is 6.47. The Morgan fingerprint density at radius 3 is 2.30 bits per heavy atom. The molecule has 1 amide bonds. The molecule has 0 bridgehead atoms.